The molecule has 5 rings (SSSR count). The van der Waals surface area contributed by atoms with Crippen molar-refractivity contribution in [2.24, 2.45) is 29.6 Å². The summed E-state index contributed by atoms with van der Waals surface area (Å²) in [4.78, 5) is 24.8. The average molecular weight is 455 g/mol. The Morgan fingerprint density at radius 3 is 2.10 bits per heavy atom. The molecule has 8 nitrogen and oxygen atoms in total. The zero-order valence-electron chi connectivity index (χ0n) is 15.2. The third kappa shape index (κ3) is 2.40. The van der Waals surface area contributed by atoms with Crippen molar-refractivity contribution in [1.29, 1.82) is 0 Å². The molecule has 3 heterocycles. The summed E-state index contributed by atoms with van der Waals surface area (Å²) in [6.07, 6.45) is -0.0300. The summed E-state index contributed by atoms with van der Waals surface area (Å²) < 4.78 is 92.4. The number of alkyl halides is 4. The molecule has 2 saturated heterocycles. The molecule has 0 aromatic rings. The number of ether oxygens (including phenoxy) is 1. The van der Waals surface area contributed by atoms with E-state index in [1.807, 2.05) is 0 Å². The molecule has 2 saturated carbocycles. The van der Waals surface area contributed by atoms with E-state index in [0.717, 1.165) is 0 Å². The molecule has 13 heteroatoms. The topological polar surface area (TPSA) is 110 Å². The minimum atomic E-state index is -6.43. The second kappa shape index (κ2) is 6.02. The van der Waals surface area contributed by atoms with Crippen molar-refractivity contribution >= 4 is 21.9 Å². The van der Waals surface area contributed by atoms with Crippen molar-refractivity contribution in [3.63, 3.8) is 0 Å². The van der Waals surface area contributed by atoms with Crippen molar-refractivity contribution in [2.75, 3.05) is 0 Å². The van der Waals surface area contributed by atoms with Gasteiger partial charge < -0.3 is 9.84 Å². The summed E-state index contributed by atoms with van der Waals surface area (Å²) in [5, 5.41) is 3.71. The SMILES string of the molecule is O=C1C2C3C=CC(O3)C2C(=O)N1OS(=O)(=O)C(F)(F)C(F)(F)C1CC2CC(O)C1C2. The third-order valence-electron chi connectivity index (χ3n) is 6.99. The Hall–Kier alpha value is -1.57. The maximum atomic E-state index is 14.7. The van der Waals surface area contributed by atoms with E-state index in [0.29, 0.717) is 0 Å². The van der Waals surface area contributed by atoms with Gasteiger partial charge in [-0.1, -0.05) is 12.2 Å². The Balaban J connectivity index is 1.39. The largest absolute Gasteiger partial charge is 0.433 e. The molecule has 2 amide bonds. The van der Waals surface area contributed by atoms with Gasteiger partial charge in [0, 0.05) is 5.92 Å². The summed E-state index contributed by atoms with van der Waals surface area (Å²) in [5.41, 5.74) is 0. The van der Waals surface area contributed by atoms with Gasteiger partial charge in [-0.2, -0.15) is 26.0 Å². The third-order valence-corrected chi connectivity index (χ3v) is 8.23. The van der Waals surface area contributed by atoms with E-state index < -0.39 is 81.0 Å². The summed E-state index contributed by atoms with van der Waals surface area (Å²) in [5.74, 6) is -13.5. The van der Waals surface area contributed by atoms with Crippen LogP contribution in [0, 0.1) is 29.6 Å². The summed E-state index contributed by atoms with van der Waals surface area (Å²) in [7, 11) is -6.43. The Bertz CT molecular complexity index is 924. The van der Waals surface area contributed by atoms with Crippen molar-refractivity contribution in [3.8, 4) is 0 Å². The monoisotopic (exact) mass is 455 g/mol. The number of carbonyl (C=O) groups excluding carboxylic acids is 2. The van der Waals surface area contributed by atoms with E-state index in [2.05, 4.69) is 4.28 Å². The second-order valence-electron chi connectivity index (χ2n) is 8.55. The smallest absolute Gasteiger partial charge is 0.393 e. The molecule has 0 spiro atoms. The van der Waals surface area contributed by atoms with Crippen LogP contribution in [0.1, 0.15) is 19.3 Å². The fourth-order valence-corrected chi connectivity index (χ4v) is 6.53. The highest BCUT2D eigenvalue weighted by atomic mass is 32.2. The van der Waals surface area contributed by atoms with Crippen molar-refractivity contribution in [1.82, 2.24) is 5.06 Å². The summed E-state index contributed by atoms with van der Waals surface area (Å²) in [6.45, 7) is 0. The van der Waals surface area contributed by atoms with Crippen molar-refractivity contribution in [2.45, 2.75) is 48.8 Å². The number of aliphatic hydroxyl groups excluding tert-OH is 1. The number of amides is 2. The average Bonchev–Trinajstić information content (AvgIpc) is 3.45. The zero-order valence-corrected chi connectivity index (χ0v) is 16.0. The number of hydroxylamine groups is 2. The van der Waals surface area contributed by atoms with E-state index >= 15 is 0 Å². The molecule has 5 aliphatic rings. The maximum Gasteiger partial charge on any atom is 0.433 e. The molecule has 4 bridgehead atoms. The number of aliphatic hydroxyl groups is 1. The standard InChI is InChI=1S/C17H17F4NO7S/c18-16(19,8-4-6-3-7(8)9(23)5-6)17(20,21)30(26,27)29-22-14(24)12-10-1-2-11(28-10)13(12)15(22)25/h1-2,6-13,23H,3-5H2. The first-order chi connectivity index (χ1) is 13.9. The Morgan fingerprint density at radius 2 is 1.60 bits per heavy atom. The highest BCUT2D eigenvalue weighted by Crippen LogP contribution is 2.58. The van der Waals surface area contributed by atoms with Gasteiger partial charge in [-0.15, -0.1) is 9.35 Å². The molecule has 2 aliphatic carbocycles. The van der Waals surface area contributed by atoms with Crippen molar-refractivity contribution < 1.29 is 49.7 Å². The molecule has 8 atom stereocenters. The van der Waals surface area contributed by atoms with Crippen LogP contribution in [-0.2, 0) is 28.7 Å². The van der Waals surface area contributed by atoms with Crippen LogP contribution in [0.2, 0.25) is 0 Å². The van der Waals surface area contributed by atoms with E-state index in [1.165, 1.54) is 12.2 Å². The molecule has 4 fully saturated rings. The molecular weight excluding hydrogens is 438 g/mol. The number of fused-ring (bicyclic) bond motifs is 7. The molecule has 0 aromatic carbocycles. The van der Waals surface area contributed by atoms with E-state index in [9.17, 15) is 40.7 Å². The van der Waals surface area contributed by atoms with Crippen LogP contribution in [-0.4, -0.2) is 59.9 Å². The van der Waals surface area contributed by atoms with E-state index in [4.69, 9.17) is 4.74 Å². The number of rotatable bonds is 5. The normalized spacial score (nSPS) is 42.6. The lowest BCUT2D eigenvalue weighted by Crippen LogP contribution is -2.56. The van der Waals surface area contributed by atoms with Crippen LogP contribution >= 0.6 is 0 Å². The van der Waals surface area contributed by atoms with E-state index in [1.54, 1.807) is 0 Å². The molecule has 1 N–H and O–H groups in total. The fraction of sp³-hybridized carbons (Fsp3) is 0.765. The first-order valence-electron chi connectivity index (χ1n) is 9.46. The number of carbonyl (C=O) groups is 2. The predicted molar refractivity (Wildman–Crippen MR) is 86.9 cm³/mol. The highest BCUT2D eigenvalue weighted by molar-refractivity contribution is 7.87. The number of hydrogen-bond donors (Lipinski definition) is 1. The van der Waals surface area contributed by atoms with Crippen LogP contribution < -0.4 is 0 Å². The Kier molecular flexibility index (Phi) is 4.08. The van der Waals surface area contributed by atoms with E-state index in [-0.39, 0.29) is 24.3 Å². The van der Waals surface area contributed by atoms with Gasteiger partial charge in [0.2, 0.25) is 0 Å². The lowest BCUT2D eigenvalue weighted by Gasteiger charge is -2.36. The fourth-order valence-electron chi connectivity index (χ4n) is 5.61. The quantitative estimate of drug-likeness (QED) is 0.371. The van der Waals surface area contributed by atoms with Crippen LogP contribution in [0.5, 0.6) is 0 Å². The van der Waals surface area contributed by atoms with Gasteiger partial charge in [0.1, 0.15) is 0 Å². The minimum Gasteiger partial charge on any atom is -0.393 e. The van der Waals surface area contributed by atoms with Gasteiger partial charge >= 0.3 is 21.3 Å². The van der Waals surface area contributed by atoms with Gasteiger partial charge in [0.15, 0.2) is 0 Å². The first-order valence-corrected chi connectivity index (χ1v) is 10.9. The number of hydrogen-bond acceptors (Lipinski definition) is 7. The van der Waals surface area contributed by atoms with Gasteiger partial charge in [0.25, 0.3) is 11.8 Å². The molecule has 0 aromatic heterocycles. The van der Waals surface area contributed by atoms with Crippen LogP contribution in [0.4, 0.5) is 17.6 Å². The molecule has 166 valence electrons. The molecule has 0 radical (unpaired) electrons. The Labute approximate surface area is 167 Å². The predicted octanol–water partition coefficient (Wildman–Crippen LogP) is 0.821. The van der Waals surface area contributed by atoms with Gasteiger partial charge in [0.05, 0.1) is 30.1 Å². The molecule has 3 aliphatic heterocycles. The van der Waals surface area contributed by atoms with Crippen molar-refractivity contribution in [3.05, 3.63) is 12.2 Å². The molecule has 8 unspecified atom stereocenters. The number of imide groups is 1. The van der Waals surface area contributed by atoms with Crippen LogP contribution in [0.3, 0.4) is 0 Å². The van der Waals surface area contributed by atoms with Gasteiger partial charge in [-0.3, -0.25) is 9.59 Å². The van der Waals surface area contributed by atoms with Gasteiger partial charge in [-0.25, -0.2) is 0 Å². The van der Waals surface area contributed by atoms with Gasteiger partial charge in [-0.05, 0) is 31.1 Å². The minimum absolute atomic E-state index is 0.0979. The zero-order chi connectivity index (χ0) is 21.8. The number of nitrogens with zero attached hydrogens (tertiary/aromatic N) is 1. The summed E-state index contributed by atoms with van der Waals surface area (Å²) >= 11 is 0. The maximum absolute atomic E-state index is 14.7. The molecule has 30 heavy (non-hydrogen) atoms. The summed E-state index contributed by atoms with van der Waals surface area (Å²) in [6, 6.07) is 0. The number of halogens is 4. The van der Waals surface area contributed by atoms with Crippen LogP contribution in [0.15, 0.2) is 12.2 Å². The molecular formula is C17H17F4NO7S. The second-order valence-corrected chi connectivity index (χ2v) is 10.1. The first kappa shape index (κ1) is 20.3. The lowest BCUT2D eigenvalue weighted by molar-refractivity contribution is -0.215. The van der Waals surface area contributed by atoms with Crippen LogP contribution in [0.25, 0.3) is 0 Å². The Morgan fingerprint density at radius 1 is 1.03 bits per heavy atom. The highest BCUT2D eigenvalue weighted by Gasteiger charge is 2.74. The lowest BCUT2D eigenvalue weighted by atomic mass is 9.82.